The van der Waals surface area contributed by atoms with Gasteiger partial charge in [-0.3, -0.25) is 9.63 Å². The van der Waals surface area contributed by atoms with Gasteiger partial charge in [-0.2, -0.15) is 0 Å². The van der Waals surface area contributed by atoms with Crippen molar-refractivity contribution in [3.63, 3.8) is 0 Å². The van der Waals surface area contributed by atoms with Crippen LogP contribution in [-0.4, -0.2) is 18.1 Å². The van der Waals surface area contributed by atoms with Crippen LogP contribution in [0, 0.1) is 0 Å². The molecule has 14 heavy (non-hydrogen) atoms. The number of rotatable bonds is 3. The van der Waals surface area contributed by atoms with Crippen molar-refractivity contribution in [3.8, 4) is 0 Å². The van der Waals surface area contributed by atoms with E-state index in [2.05, 4.69) is 0 Å². The van der Waals surface area contributed by atoms with Crippen molar-refractivity contribution < 1.29 is 9.63 Å². The van der Waals surface area contributed by atoms with Gasteiger partial charge in [0.05, 0.1) is 13.2 Å². The Morgan fingerprint density at radius 1 is 1.36 bits per heavy atom. The van der Waals surface area contributed by atoms with Crippen LogP contribution >= 0.6 is 0 Å². The molecule has 1 amide bonds. The monoisotopic (exact) mass is 193 g/mol. The Labute approximate surface area is 84.2 Å². The van der Waals surface area contributed by atoms with E-state index in [4.69, 9.17) is 4.84 Å². The first-order chi connectivity index (χ1) is 6.66. The summed E-state index contributed by atoms with van der Waals surface area (Å²) in [7, 11) is 1.50. The Hall–Kier alpha value is -1.35. The van der Waals surface area contributed by atoms with Crippen LogP contribution in [0.5, 0.6) is 0 Å². The zero-order valence-corrected chi connectivity index (χ0v) is 8.73. The van der Waals surface area contributed by atoms with E-state index in [0.29, 0.717) is 0 Å². The molecule has 0 saturated carbocycles. The third kappa shape index (κ3) is 2.33. The average molecular weight is 193 g/mol. The van der Waals surface area contributed by atoms with Gasteiger partial charge in [0.15, 0.2) is 0 Å². The smallest absolute Gasteiger partial charge is 0.243 e. The minimum absolute atomic E-state index is 0.0568. The minimum Gasteiger partial charge on any atom is -0.274 e. The van der Waals surface area contributed by atoms with E-state index in [9.17, 15) is 4.79 Å². The van der Waals surface area contributed by atoms with Crippen LogP contribution in [0.2, 0.25) is 0 Å². The van der Waals surface area contributed by atoms with Gasteiger partial charge in [0.25, 0.3) is 0 Å². The molecule has 0 bridgehead atoms. The summed E-state index contributed by atoms with van der Waals surface area (Å²) in [5, 5.41) is 1.36. The number of carbonyl (C=O) groups excluding carboxylic acids is 1. The molecule has 0 saturated heterocycles. The molecule has 1 unspecified atom stereocenters. The summed E-state index contributed by atoms with van der Waals surface area (Å²) in [6.07, 6.45) is 0. The largest absolute Gasteiger partial charge is 0.274 e. The number of hydroxylamine groups is 2. The summed E-state index contributed by atoms with van der Waals surface area (Å²) in [5.41, 5.74) is 1.06. The average Bonchev–Trinajstić information content (AvgIpc) is 2.19. The molecule has 1 aromatic carbocycles. The van der Waals surface area contributed by atoms with Crippen LogP contribution in [0.4, 0.5) is 0 Å². The van der Waals surface area contributed by atoms with Gasteiger partial charge >= 0.3 is 0 Å². The summed E-state index contributed by atoms with van der Waals surface area (Å²) in [5.74, 6) is -0.0937. The van der Waals surface area contributed by atoms with Gasteiger partial charge in [0.1, 0.15) is 0 Å². The molecule has 0 aliphatic rings. The number of hydrogen-bond donors (Lipinski definition) is 0. The molecule has 3 nitrogen and oxygen atoms in total. The van der Waals surface area contributed by atoms with Gasteiger partial charge < -0.3 is 0 Å². The predicted molar refractivity (Wildman–Crippen MR) is 54.4 cm³/mol. The zero-order chi connectivity index (χ0) is 10.6. The molecule has 1 rings (SSSR count). The molecule has 0 N–H and O–H groups in total. The summed E-state index contributed by atoms with van der Waals surface area (Å²) >= 11 is 0. The Bertz CT molecular complexity index is 297. The van der Waals surface area contributed by atoms with Crippen LogP contribution in [0.15, 0.2) is 30.3 Å². The Balaban J connectivity index is 2.83. The topological polar surface area (TPSA) is 29.5 Å². The van der Waals surface area contributed by atoms with Crippen molar-refractivity contribution >= 4 is 5.91 Å². The first-order valence-corrected chi connectivity index (χ1v) is 4.55. The van der Waals surface area contributed by atoms with Crippen molar-refractivity contribution in [1.82, 2.24) is 5.06 Å². The van der Waals surface area contributed by atoms with Gasteiger partial charge in [0, 0.05) is 6.92 Å². The van der Waals surface area contributed by atoms with E-state index < -0.39 is 0 Å². The van der Waals surface area contributed by atoms with Gasteiger partial charge in [-0.15, -0.1) is 0 Å². The lowest BCUT2D eigenvalue weighted by Crippen LogP contribution is -2.30. The van der Waals surface area contributed by atoms with Gasteiger partial charge in [-0.05, 0) is 12.5 Å². The summed E-state index contributed by atoms with van der Waals surface area (Å²) in [6, 6.07) is 9.72. The molecular weight excluding hydrogens is 178 g/mol. The highest BCUT2D eigenvalue weighted by molar-refractivity contribution is 5.72. The second kappa shape index (κ2) is 4.77. The zero-order valence-electron chi connectivity index (χ0n) is 8.73. The van der Waals surface area contributed by atoms with Crippen molar-refractivity contribution in [2.75, 3.05) is 7.11 Å². The quantitative estimate of drug-likeness (QED) is 0.688. The lowest BCUT2D eigenvalue weighted by Gasteiger charge is -2.25. The van der Waals surface area contributed by atoms with Crippen molar-refractivity contribution in [2.24, 2.45) is 0 Å². The fraction of sp³-hybridized carbons (Fsp3) is 0.364. The summed E-state index contributed by atoms with van der Waals surface area (Å²) in [4.78, 5) is 16.2. The molecule has 0 radical (unpaired) electrons. The fourth-order valence-corrected chi connectivity index (χ4v) is 1.43. The van der Waals surface area contributed by atoms with E-state index in [1.807, 2.05) is 37.3 Å². The standard InChI is InChI=1S/C11H15NO2/c1-9(12(14-3)10(2)13)11-7-5-4-6-8-11/h4-9H,1-3H3. The SMILES string of the molecule is CON(C(C)=O)C(C)c1ccccc1. The maximum absolute atomic E-state index is 11.2. The molecule has 0 heterocycles. The van der Waals surface area contributed by atoms with E-state index in [1.165, 1.54) is 19.1 Å². The third-order valence-corrected chi connectivity index (χ3v) is 2.14. The maximum Gasteiger partial charge on any atom is 0.243 e. The molecule has 1 atom stereocenters. The molecule has 0 aliphatic heterocycles. The van der Waals surface area contributed by atoms with Gasteiger partial charge in [0.2, 0.25) is 5.91 Å². The van der Waals surface area contributed by atoms with Gasteiger partial charge in [-0.25, -0.2) is 5.06 Å². The molecule has 0 aromatic heterocycles. The lowest BCUT2D eigenvalue weighted by atomic mass is 10.1. The second-order valence-electron chi connectivity index (χ2n) is 3.11. The molecule has 0 spiro atoms. The van der Waals surface area contributed by atoms with E-state index in [0.717, 1.165) is 5.56 Å². The summed E-state index contributed by atoms with van der Waals surface area (Å²) < 4.78 is 0. The van der Waals surface area contributed by atoms with Gasteiger partial charge in [-0.1, -0.05) is 30.3 Å². The normalized spacial score (nSPS) is 12.2. The molecule has 0 aliphatic carbocycles. The number of nitrogens with zero attached hydrogens (tertiary/aromatic N) is 1. The lowest BCUT2D eigenvalue weighted by molar-refractivity contribution is -0.185. The predicted octanol–water partition coefficient (Wildman–Crippen LogP) is 2.16. The number of hydrogen-bond acceptors (Lipinski definition) is 2. The highest BCUT2D eigenvalue weighted by Gasteiger charge is 2.17. The molecule has 76 valence electrons. The number of benzene rings is 1. The summed E-state index contributed by atoms with van der Waals surface area (Å²) in [6.45, 7) is 3.42. The fourth-order valence-electron chi connectivity index (χ4n) is 1.43. The van der Waals surface area contributed by atoms with Crippen LogP contribution in [0.1, 0.15) is 25.5 Å². The van der Waals surface area contributed by atoms with Crippen LogP contribution in [0.25, 0.3) is 0 Å². The van der Waals surface area contributed by atoms with Crippen molar-refractivity contribution in [1.29, 1.82) is 0 Å². The van der Waals surface area contributed by atoms with E-state index in [-0.39, 0.29) is 11.9 Å². The van der Waals surface area contributed by atoms with Crippen LogP contribution in [0.3, 0.4) is 0 Å². The number of amides is 1. The molecule has 0 fully saturated rings. The molecule has 3 heteroatoms. The Kier molecular flexibility index (Phi) is 3.65. The second-order valence-corrected chi connectivity index (χ2v) is 3.11. The maximum atomic E-state index is 11.2. The highest BCUT2D eigenvalue weighted by atomic mass is 16.7. The van der Waals surface area contributed by atoms with Crippen LogP contribution < -0.4 is 0 Å². The van der Waals surface area contributed by atoms with Crippen LogP contribution in [-0.2, 0) is 9.63 Å². The first-order valence-electron chi connectivity index (χ1n) is 4.55. The van der Waals surface area contributed by atoms with Crippen molar-refractivity contribution in [2.45, 2.75) is 19.9 Å². The van der Waals surface area contributed by atoms with Crippen molar-refractivity contribution in [3.05, 3.63) is 35.9 Å². The number of carbonyl (C=O) groups is 1. The molecular formula is C11H15NO2. The van der Waals surface area contributed by atoms with E-state index in [1.54, 1.807) is 0 Å². The third-order valence-electron chi connectivity index (χ3n) is 2.14. The molecule has 1 aromatic rings. The van der Waals surface area contributed by atoms with E-state index >= 15 is 0 Å². The minimum atomic E-state index is -0.0937. The Morgan fingerprint density at radius 2 is 1.93 bits per heavy atom. The first kappa shape index (κ1) is 10.7. The highest BCUT2D eigenvalue weighted by Crippen LogP contribution is 2.19. The Morgan fingerprint density at radius 3 is 2.36 bits per heavy atom.